The molecule has 3 rings (SSSR count). The largest absolute Gasteiger partial charge is 0.391 e. The average Bonchev–Trinajstić information content (AvgIpc) is 3.12. The molecule has 27 heavy (non-hydrogen) atoms. The van der Waals surface area contributed by atoms with E-state index in [2.05, 4.69) is 28.6 Å². The van der Waals surface area contributed by atoms with E-state index in [4.69, 9.17) is 0 Å². The Morgan fingerprint density at radius 2 is 2.15 bits per heavy atom. The van der Waals surface area contributed by atoms with Crippen LogP contribution in [0.25, 0.3) is 10.2 Å². The molecule has 1 N–H and O–H groups in total. The van der Waals surface area contributed by atoms with Crippen LogP contribution in [0.4, 0.5) is 0 Å². The van der Waals surface area contributed by atoms with Crippen LogP contribution < -0.4 is 5.56 Å². The number of aliphatic hydroxyl groups is 1. The molecule has 1 unspecified atom stereocenters. The van der Waals surface area contributed by atoms with E-state index in [1.54, 1.807) is 16.7 Å². The Morgan fingerprint density at radius 3 is 2.89 bits per heavy atom. The van der Waals surface area contributed by atoms with Crippen LogP contribution in [0.5, 0.6) is 0 Å². The zero-order valence-electron chi connectivity index (χ0n) is 15.2. The van der Waals surface area contributed by atoms with Crippen LogP contribution in [-0.4, -0.2) is 45.0 Å². The second-order valence-electron chi connectivity index (χ2n) is 6.39. The molecule has 0 bridgehead atoms. The van der Waals surface area contributed by atoms with Gasteiger partial charge in [0, 0.05) is 25.4 Å². The van der Waals surface area contributed by atoms with Gasteiger partial charge in [0.2, 0.25) is 0 Å². The summed E-state index contributed by atoms with van der Waals surface area (Å²) in [6.07, 6.45) is 1.17. The minimum Gasteiger partial charge on any atom is -0.391 e. The van der Waals surface area contributed by atoms with Crippen molar-refractivity contribution >= 4 is 33.3 Å². The molecule has 3 aromatic rings. The maximum Gasteiger partial charge on any atom is 0.263 e. The number of benzene rings is 1. The van der Waals surface area contributed by atoms with Crippen molar-refractivity contribution in [2.75, 3.05) is 19.3 Å². The number of hydrogen-bond acceptors (Lipinski definition) is 6. The third-order valence-electron chi connectivity index (χ3n) is 4.08. The van der Waals surface area contributed by atoms with Gasteiger partial charge in [-0.2, -0.15) is 0 Å². The number of nitrogens with zero attached hydrogens (tertiary/aromatic N) is 3. The Balaban J connectivity index is 1.64. The van der Waals surface area contributed by atoms with Crippen LogP contribution in [0, 0.1) is 0 Å². The minimum atomic E-state index is -0.517. The molecule has 2 heterocycles. The monoisotopic (exact) mass is 401 g/mol. The van der Waals surface area contributed by atoms with Crippen molar-refractivity contribution in [3.8, 4) is 0 Å². The van der Waals surface area contributed by atoms with Crippen molar-refractivity contribution in [1.29, 1.82) is 0 Å². The fourth-order valence-electron chi connectivity index (χ4n) is 2.87. The molecule has 0 saturated heterocycles. The van der Waals surface area contributed by atoms with E-state index in [0.717, 1.165) is 11.4 Å². The summed E-state index contributed by atoms with van der Waals surface area (Å²) >= 11 is 2.86. The topological polar surface area (TPSA) is 58.4 Å². The summed E-state index contributed by atoms with van der Waals surface area (Å²) < 4.78 is 1.62. The fraction of sp³-hybridized carbons (Fsp3) is 0.300. The highest BCUT2D eigenvalue weighted by atomic mass is 32.2. The van der Waals surface area contributed by atoms with Gasteiger partial charge >= 0.3 is 0 Å². The van der Waals surface area contributed by atoms with Gasteiger partial charge in [-0.15, -0.1) is 17.9 Å². The summed E-state index contributed by atoms with van der Waals surface area (Å²) in [6, 6.07) is 12.0. The van der Waals surface area contributed by atoms with Gasteiger partial charge in [-0.05, 0) is 24.1 Å². The van der Waals surface area contributed by atoms with Crippen molar-refractivity contribution in [3.05, 3.63) is 70.4 Å². The van der Waals surface area contributed by atoms with Crippen molar-refractivity contribution in [3.63, 3.8) is 0 Å². The fourth-order valence-corrected chi connectivity index (χ4v) is 4.60. The number of thioether (sulfide) groups is 1. The lowest BCUT2D eigenvalue weighted by Crippen LogP contribution is -2.30. The molecule has 5 nitrogen and oxygen atoms in total. The van der Waals surface area contributed by atoms with E-state index in [1.165, 1.54) is 28.7 Å². The van der Waals surface area contributed by atoms with Gasteiger partial charge in [-0.25, -0.2) is 4.98 Å². The predicted molar refractivity (Wildman–Crippen MR) is 114 cm³/mol. The maximum atomic E-state index is 12.6. The van der Waals surface area contributed by atoms with Gasteiger partial charge in [0.1, 0.15) is 4.83 Å². The number of hydrogen-bond donors (Lipinski definition) is 1. The van der Waals surface area contributed by atoms with E-state index >= 15 is 0 Å². The quantitative estimate of drug-likeness (QED) is 0.339. The first-order valence-electron chi connectivity index (χ1n) is 8.70. The Hall–Kier alpha value is -1.93. The maximum absolute atomic E-state index is 12.6. The molecule has 0 radical (unpaired) electrons. The molecule has 142 valence electrons. The molecule has 2 aromatic heterocycles. The lowest BCUT2D eigenvalue weighted by Gasteiger charge is -2.20. The number of aliphatic hydroxyl groups excluding tert-OH is 1. The van der Waals surface area contributed by atoms with Crippen LogP contribution in [0.15, 0.2) is 64.4 Å². The normalized spacial score (nSPS) is 12.6. The molecule has 0 amide bonds. The summed E-state index contributed by atoms with van der Waals surface area (Å²) in [5, 5.41) is 13.6. The van der Waals surface area contributed by atoms with Crippen molar-refractivity contribution in [2.45, 2.75) is 24.3 Å². The molecule has 0 aliphatic carbocycles. The van der Waals surface area contributed by atoms with Crippen LogP contribution >= 0.6 is 23.1 Å². The number of likely N-dealkylation sites (N-methyl/N-ethyl adjacent to an activating group) is 1. The number of rotatable bonds is 9. The molecule has 1 atom stereocenters. The van der Waals surface area contributed by atoms with Crippen molar-refractivity contribution in [2.24, 2.45) is 0 Å². The second kappa shape index (κ2) is 9.32. The lowest BCUT2D eigenvalue weighted by atomic mass is 10.2. The molecular weight excluding hydrogens is 378 g/mol. The van der Waals surface area contributed by atoms with Crippen LogP contribution in [-0.2, 0) is 13.1 Å². The zero-order valence-corrected chi connectivity index (χ0v) is 16.9. The SMILES string of the molecule is C=CCn1c(SCC(O)CN(C)Cc2ccccc2)nc2sccc2c1=O. The molecule has 0 spiro atoms. The summed E-state index contributed by atoms with van der Waals surface area (Å²) in [6.45, 7) is 5.47. The number of fused-ring (bicyclic) bond motifs is 1. The number of aromatic nitrogens is 2. The summed E-state index contributed by atoms with van der Waals surface area (Å²) in [5.41, 5.74) is 1.16. The highest BCUT2D eigenvalue weighted by Crippen LogP contribution is 2.22. The Bertz CT molecular complexity index is 953. The van der Waals surface area contributed by atoms with Crippen LogP contribution in [0.3, 0.4) is 0 Å². The van der Waals surface area contributed by atoms with E-state index in [1.807, 2.05) is 30.6 Å². The second-order valence-corrected chi connectivity index (χ2v) is 8.27. The first-order valence-corrected chi connectivity index (χ1v) is 10.6. The van der Waals surface area contributed by atoms with Gasteiger partial charge in [-0.3, -0.25) is 14.3 Å². The van der Waals surface area contributed by atoms with Gasteiger partial charge in [0.25, 0.3) is 5.56 Å². The van der Waals surface area contributed by atoms with Crippen molar-refractivity contribution < 1.29 is 5.11 Å². The summed E-state index contributed by atoms with van der Waals surface area (Å²) in [7, 11) is 1.99. The van der Waals surface area contributed by atoms with E-state index in [0.29, 0.717) is 29.4 Å². The van der Waals surface area contributed by atoms with Crippen molar-refractivity contribution in [1.82, 2.24) is 14.5 Å². The molecule has 7 heteroatoms. The average molecular weight is 402 g/mol. The Labute approximate surface area is 167 Å². The zero-order chi connectivity index (χ0) is 19.2. The van der Waals surface area contributed by atoms with Gasteiger partial charge < -0.3 is 5.11 Å². The van der Waals surface area contributed by atoms with Crippen LogP contribution in [0.1, 0.15) is 5.56 Å². The van der Waals surface area contributed by atoms with Crippen LogP contribution in [0.2, 0.25) is 0 Å². The minimum absolute atomic E-state index is 0.0562. The standard InChI is InChI=1S/C20H23N3O2S2/c1-3-10-23-19(25)17-9-11-26-18(17)21-20(23)27-14-16(24)13-22(2)12-15-7-5-4-6-8-15/h3-9,11,16,24H,1,10,12-14H2,2H3. The van der Waals surface area contributed by atoms with Gasteiger partial charge in [-0.1, -0.05) is 48.2 Å². The summed E-state index contributed by atoms with van der Waals surface area (Å²) in [4.78, 5) is 20.1. The third-order valence-corrected chi connectivity index (χ3v) is 6.01. The molecule has 0 aliphatic rings. The highest BCUT2D eigenvalue weighted by Gasteiger charge is 2.15. The number of allylic oxidation sites excluding steroid dienone is 1. The smallest absolute Gasteiger partial charge is 0.263 e. The molecule has 0 aliphatic heterocycles. The molecule has 0 saturated carbocycles. The first-order chi connectivity index (χ1) is 13.1. The van der Waals surface area contributed by atoms with E-state index < -0.39 is 6.10 Å². The summed E-state index contributed by atoms with van der Waals surface area (Å²) in [5.74, 6) is 0.472. The highest BCUT2D eigenvalue weighted by molar-refractivity contribution is 7.99. The van der Waals surface area contributed by atoms with Gasteiger partial charge in [0.15, 0.2) is 5.16 Å². The van der Waals surface area contributed by atoms with Gasteiger partial charge in [0.05, 0.1) is 11.5 Å². The number of thiophene rings is 1. The van der Waals surface area contributed by atoms with E-state index in [9.17, 15) is 9.90 Å². The molecule has 1 aromatic carbocycles. The predicted octanol–water partition coefficient (Wildman–Crippen LogP) is 3.23. The first kappa shape index (κ1) is 19.8. The molecule has 0 fully saturated rings. The Kier molecular flexibility index (Phi) is 6.84. The Morgan fingerprint density at radius 1 is 1.37 bits per heavy atom. The third kappa shape index (κ3) is 5.07. The van der Waals surface area contributed by atoms with E-state index in [-0.39, 0.29) is 5.56 Å². The lowest BCUT2D eigenvalue weighted by molar-refractivity contribution is 0.142. The molecular formula is C20H23N3O2S2.